The minimum atomic E-state index is -1.00. The summed E-state index contributed by atoms with van der Waals surface area (Å²) in [6, 6.07) is 23.3. The molecule has 0 fully saturated rings. The van der Waals surface area contributed by atoms with Gasteiger partial charge in [0.05, 0.1) is 13.7 Å². The number of hydrogen-bond donors (Lipinski definition) is 1. The Morgan fingerprint density at radius 2 is 1.81 bits per heavy atom. The van der Waals surface area contributed by atoms with Crippen molar-refractivity contribution in [1.82, 2.24) is 4.98 Å². The van der Waals surface area contributed by atoms with Gasteiger partial charge >= 0.3 is 5.97 Å². The predicted octanol–water partition coefficient (Wildman–Crippen LogP) is 5.21. The first-order valence-electron chi connectivity index (χ1n) is 11.9. The lowest BCUT2D eigenvalue weighted by molar-refractivity contribution is -0.144. The van der Waals surface area contributed by atoms with E-state index in [1.807, 2.05) is 66.7 Å². The molecular weight excluding hydrogens is 460 g/mol. The fraction of sp³-hybridized carbons (Fsp3) is 0.286. The summed E-state index contributed by atoms with van der Waals surface area (Å²) in [5, 5.41) is 9.12. The SMILES string of the molecule is COc1ccc2oc(N(CCCOc3ccccc3)CCc3cccc(OC(C)C(=O)O)c3)nc2c1. The first-order chi connectivity index (χ1) is 17.5. The van der Waals surface area contributed by atoms with E-state index < -0.39 is 12.1 Å². The van der Waals surface area contributed by atoms with E-state index in [-0.39, 0.29) is 0 Å². The van der Waals surface area contributed by atoms with Crippen LogP contribution in [0.25, 0.3) is 11.1 Å². The highest BCUT2D eigenvalue weighted by atomic mass is 16.5. The maximum atomic E-state index is 11.1. The number of methoxy groups -OCH3 is 1. The smallest absolute Gasteiger partial charge is 0.344 e. The van der Waals surface area contributed by atoms with Crippen LogP contribution in [0.2, 0.25) is 0 Å². The number of hydrogen-bond acceptors (Lipinski definition) is 7. The summed E-state index contributed by atoms with van der Waals surface area (Å²) in [6.07, 6.45) is 0.550. The fourth-order valence-corrected chi connectivity index (χ4v) is 3.72. The van der Waals surface area contributed by atoms with Crippen LogP contribution in [0.4, 0.5) is 6.01 Å². The summed E-state index contributed by atoms with van der Waals surface area (Å²) in [6.45, 7) is 3.40. The number of fused-ring (bicyclic) bond motifs is 1. The van der Waals surface area contributed by atoms with Crippen LogP contribution in [0.1, 0.15) is 18.9 Å². The van der Waals surface area contributed by atoms with E-state index in [0.29, 0.717) is 43.5 Å². The second-order valence-electron chi connectivity index (χ2n) is 8.33. The highest BCUT2D eigenvalue weighted by molar-refractivity contribution is 5.76. The molecule has 0 saturated heterocycles. The molecule has 36 heavy (non-hydrogen) atoms. The van der Waals surface area contributed by atoms with Crippen molar-refractivity contribution in [1.29, 1.82) is 0 Å². The molecule has 0 amide bonds. The Hall–Kier alpha value is -4.20. The zero-order valence-electron chi connectivity index (χ0n) is 20.4. The van der Waals surface area contributed by atoms with Crippen molar-refractivity contribution in [3.8, 4) is 17.2 Å². The minimum Gasteiger partial charge on any atom is -0.497 e. The van der Waals surface area contributed by atoms with Gasteiger partial charge in [-0.05, 0) is 61.7 Å². The molecule has 4 rings (SSSR count). The van der Waals surface area contributed by atoms with Gasteiger partial charge in [-0.3, -0.25) is 0 Å². The Morgan fingerprint density at radius 1 is 1.00 bits per heavy atom. The van der Waals surface area contributed by atoms with Crippen molar-refractivity contribution in [2.45, 2.75) is 25.9 Å². The summed E-state index contributed by atoms with van der Waals surface area (Å²) in [5.74, 6) is 1.08. The number of oxazole rings is 1. The topological polar surface area (TPSA) is 94.3 Å². The standard InChI is InChI=1S/C28H30N2O6/c1-20(27(31)32)35-24-11-6-8-21(18-24)14-16-30(15-7-17-34-22-9-4-3-5-10-22)28-29-25-19-23(33-2)12-13-26(25)36-28/h3-6,8-13,18-20H,7,14-17H2,1-2H3,(H,31,32). The number of carbonyl (C=O) groups is 1. The van der Waals surface area contributed by atoms with Crippen molar-refractivity contribution in [2.75, 3.05) is 31.7 Å². The van der Waals surface area contributed by atoms with Crippen molar-refractivity contribution < 1.29 is 28.5 Å². The van der Waals surface area contributed by atoms with Crippen LogP contribution >= 0.6 is 0 Å². The number of ether oxygens (including phenoxy) is 3. The minimum absolute atomic E-state index is 0.527. The maximum Gasteiger partial charge on any atom is 0.344 e. The van der Waals surface area contributed by atoms with Crippen LogP contribution in [0.3, 0.4) is 0 Å². The molecule has 0 bridgehead atoms. The second-order valence-corrected chi connectivity index (χ2v) is 8.33. The molecule has 3 aromatic carbocycles. The van der Waals surface area contributed by atoms with Crippen LogP contribution in [0, 0.1) is 0 Å². The van der Waals surface area contributed by atoms with Gasteiger partial charge in [0.2, 0.25) is 0 Å². The zero-order chi connectivity index (χ0) is 25.3. The van der Waals surface area contributed by atoms with Crippen LogP contribution in [0.15, 0.2) is 77.2 Å². The second kappa shape index (κ2) is 12.0. The molecule has 0 radical (unpaired) electrons. The third kappa shape index (κ3) is 6.69. The molecule has 8 nitrogen and oxygen atoms in total. The third-order valence-electron chi connectivity index (χ3n) is 5.67. The summed E-state index contributed by atoms with van der Waals surface area (Å²) in [7, 11) is 1.62. The molecule has 0 saturated carbocycles. The Kier molecular flexibility index (Phi) is 8.28. The number of benzene rings is 3. The molecule has 1 aromatic heterocycles. The van der Waals surface area contributed by atoms with E-state index in [4.69, 9.17) is 28.7 Å². The van der Waals surface area contributed by atoms with E-state index in [2.05, 4.69) is 4.90 Å². The van der Waals surface area contributed by atoms with Gasteiger partial charge in [0, 0.05) is 19.2 Å². The Morgan fingerprint density at radius 3 is 2.58 bits per heavy atom. The van der Waals surface area contributed by atoms with Crippen LogP contribution in [-0.4, -0.2) is 49.0 Å². The molecule has 4 aromatic rings. The molecule has 1 unspecified atom stereocenters. The molecule has 0 aliphatic rings. The third-order valence-corrected chi connectivity index (χ3v) is 5.67. The van der Waals surface area contributed by atoms with E-state index in [1.54, 1.807) is 13.2 Å². The largest absolute Gasteiger partial charge is 0.497 e. The predicted molar refractivity (Wildman–Crippen MR) is 137 cm³/mol. The Labute approximate surface area is 210 Å². The highest BCUT2D eigenvalue weighted by Crippen LogP contribution is 2.26. The van der Waals surface area contributed by atoms with Gasteiger partial charge in [-0.15, -0.1) is 0 Å². The quantitative estimate of drug-likeness (QED) is 0.255. The van der Waals surface area contributed by atoms with Crippen molar-refractivity contribution in [2.24, 2.45) is 0 Å². The van der Waals surface area contributed by atoms with Crippen molar-refractivity contribution in [3.63, 3.8) is 0 Å². The Balaban J connectivity index is 1.45. The average Bonchev–Trinajstić information content (AvgIpc) is 3.32. The molecule has 1 heterocycles. The van der Waals surface area contributed by atoms with Crippen molar-refractivity contribution in [3.05, 3.63) is 78.4 Å². The summed E-state index contributed by atoms with van der Waals surface area (Å²) < 4.78 is 22.8. The maximum absolute atomic E-state index is 11.1. The average molecular weight is 491 g/mol. The zero-order valence-corrected chi connectivity index (χ0v) is 20.4. The van der Waals surface area contributed by atoms with E-state index in [9.17, 15) is 4.79 Å². The van der Waals surface area contributed by atoms with Gasteiger partial charge in [0.25, 0.3) is 6.01 Å². The first-order valence-corrected chi connectivity index (χ1v) is 11.9. The van der Waals surface area contributed by atoms with E-state index in [0.717, 1.165) is 29.0 Å². The summed E-state index contributed by atoms with van der Waals surface area (Å²) >= 11 is 0. The molecule has 0 aliphatic heterocycles. The molecule has 1 N–H and O–H groups in total. The summed E-state index contributed by atoms with van der Waals surface area (Å²) in [5.41, 5.74) is 2.44. The first kappa shape index (κ1) is 24.9. The number of rotatable bonds is 13. The van der Waals surface area contributed by atoms with Gasteiger partial charge in [-0.1, -0.05) is 30.3 Å². The van der Waals surface area contributed by atoms with Crippen LogP contribution < -0.4 is 19.1 Å². The number of aromatic nitrogens is 1. The molecule has 188 valence electrons. The number of para-hydroxylation sites is 1. The van der Waals surface area contributed by atoms with Crippen LogP contribution in [-0.2, 0) is 11.2 Å². The van der Waals surface area contributed by atoms with Gasteiger partial charge in [-0.2, -0.15) is 4.98 Å². The van der Waals surface area contributed by atoms with Gasteiger partial charge in [-0.25, -0.2) is 4.79 Å². The lowest BCUT2D eigenvalue weighted by atomic mass is 10.1. The summed E-state index contributed by atoms with van der Waals surface area (Å²) in [4.78, 5) is 17.9. The van der Waals surface area contributed by atoms with Gasteiger partial charge < -0.3 is 28.6 Å². The number of carboxylic acids is 1. The normalized spacial score (nSPS) is 11.7. The molecule has 0 aliphatic carbocycles. The number of anilines is 1. The molecule has 8 heteroatoms. The van der Waals surface area contributed by atoms with Crippen molar-refractivity contribution >= 4 is 23.1 Å². The fourth-order valence-electron chi connectivity index (χ4n) is 3.72. The molecule has 1 atom stereocenters. The number of nitrogens with zero attached hydrogens (tertiary/aromatic N) is 2. The molecular formula is C28H30N2O6. The van der Waals surface area contributed by atoms with Crippen LogP contribution in [0.5, 0.6) is 17.2 Å². The Bertz CT molecular complexity index is 1270. The van der Waals surface area contributed by atoms with Gasteiger partial charge in [0.15, 0.2) is 11.7 Å². The number of carboxylic acid groups (broad SMARTS) is 1. The van der Waals surface area contributed by atoms with E-state index >= 15 is 0 Å². The lowest BCUT2D eigenvalue weighted by Crippen LogP contribution is -2.28. The van der Waals surface area contributed by atoms with Gasteiger partial charge in [0.1, 0.15) is 22.8 Å². The highest BCUT2D eigenvalue weighted by Gasteiger charge is 2.16. The monoisotopic (exact) mass is 490 g/mol. The lowest BCUT2D eigenvalue weighted by Gasteiger charge is -2.21. The van der Waals surface area contributed by atoms with E-state index in [1.165, 1.54) is 6.92 Å². The molecule has 0 spiro atoms. The number of aliphatic carboxylic acids is 1.